The number of alkyl halides is 3. The van der Waals surface area contributed by atoms with Gasteiger partial charge < -0.3 is 15.7 Å². The third-order valence-corrected chi connectivity index (χ3v) is 4.87. The van der Waals surface area contributed by atoms with E-state index < -0.39 is 16.1 Å². The summed E-state index contributed by atoms with van der Waals surface area (Å²) >= 11 is 16.4. The molecule has 1 rings (SSSR count). The first-order chi connectivity index (χ1) is 8.59. The number of hydrogen-bond acceptors (Lipinski definition) is 2. The summed E-state index contributed by atoms with van der Waals surface area (Å²) < 4.78 is -1.93. The number of aliphatic hydroxyl groups excluding tert-OH is 1. The second kappa shape index (κ2) is 6.25. The minimum absolute atomic E-state index is 0.232. The van der Waals surface area contributed by atoms with Gasteiger partial charge in [-0.1, -0.05) is 62.0 Å². The van der Waals surface area contributed by atoms with Crippen LogP contribution in [0.1, 0.15) is 33.6 Å². The zero-order chi connectivity index (χ0) is 14.8. The van der Waals surface area contributed by atoms with Crippen molar-refractivity contribution < 1.29 is 9.90 Å². The summed E-state index contributed by atoms with van der Waals surface area (Å²) in [6.07, 6.45) is 0.730. The van der Waals surface area contributed by atoms with Crippen LogP contribution in [-0.4, -0.2) is 27.7 Å². The van der Waals surface area contributed by atoms with Crippen LogP contribution in [0.3, 0.4) is 0 Å². The number of urea groups is 1. The van der Waals surface area contributed by atoms with Gasteiger partial charge in [-0.3, -0.25) is 0 Å². The first kappa shape index (κ1) is 17.2. The molecule has 1 aliphatic rings. The van der Waals surface area contributed by atoms with Gasteiger partial charge in [-0.15, -0.1) is 0 Å². The maximum Gasteiger partial charge on any atom is 0.316 e. The lowest BCUT2D eigenvalue weighted by molar-refractivity contribution is -0.0197. The first-order valence-corrected chi connectivity index (χ1v) is 7.51. The van der Waals surface area contributed by atoms with Crippen molar-refractivity contribution in [2.24, 2.45) is 17.3 Å². The number of halogens is 3. The molecule has 2 amide bonds. The Kier molecular flexibility index (Phi) is 5.64. The van der Waals surface area contributed by atoms with Gasteiger partial charge in [0.05, 0.1) is 0 Å². The smallest absolute Gasteiger partial charge is 0.316 e. The van der Waals surface area contributed by atoms with E-state index in [2.05, 4.69) is 31.4 Å². The summed E-state index contributed by atoms with van der Waals surface area (Å²) in [6.45, 7) is 7.16. The van der Waals surface area contributed by atoms with Crippen LogP contribution >= 0.6 is 34.8 Å². The molecule has 0 aromatic heterocycles. The minimum Gasteiger partial charge on any atom is -0.369 e. The zero-order valence-electron chi connectivity index (χ0n) is 11.3. The predicted octanol–water partition coefficient (Wildman–Crippen LogP) is 3.05. The van der Waals surface area contributed by atoms with Crippen LogP contribution in [0.15, 0.2) is 0 Å². The fraction of sp³-hybridized carbons (Fsp3) is 0.917. The van der Waals surface area contributed by atoms with Gasteiger partial charge in [0.25, 0.3) is 0 Å². The molecule has 0 aromatic carbocycles. The average Bonchev–Trinajstić information content (AvgIpc) is 2.26. The molecule has 4 nitrogen and oxygen atoms in total. The molecule has 1 aliphatic carbocycles. The molecule has 1 saturated carbocycles. The molecule has 112 valence electrons. The third-order valence-electron chi connectivity index (χ3n) is 4.25. The average molecular weight is 332 g/mol. The van der Waals surface area contributed by atoms with Crippen LogP contribution in [0.5, 0.6) is 0 Å². The van der Waals surface area contributed by atoms with Crippen molar-refractivity contribution in [3.63, 3.8) is 0 Å². The number of nitrogens with one attached hydrogen (secondary N) is 2. The monoisotopic (exact) mass is 330 g/mol. The fourth-order valence-electron chi connectivity index (χ4n) is 2.64. The van der Waals surface area contributed by atoms with E-state index in [-0.39, 0.29) is 5.41 Å². The van der Waals surface area contributed by atoms with Gasteiger partial charge >= 0.3 is 6.03 Å². The summed E-state index contributed by atoms with van der Waals surface area (Å²) in [4.78, 5) is 11.5. The van der Waals surface area contributed by atoms with Crippen LogP contribution in [0.4, 0.5) is 4.79 Å². The number of amides is 2. The van der Waals surface area contributed by atoms with E-state index in [1.54, 1.807) is 0 Å². The normalized spacial score (nSPS) is 27.3. The highest BCUT2D eigenvalue weighted by Gasteiger charge is 2.46. The van der Waals surface area contributed by atoms with Crippen molar-refractivity contribution in [1.82, 2.24) is 10.6 Å². The molecule has 0 heterocycles. The summed E-state index contributed by atoms with van der Waals surface area (Å²) in [7, 11) is 0. The van der Waals surface area contributed by atoms with E-state index >= 15 is 0 Å². The Morgan fingerprint density at radius 3 is 2.42 bits per heavy atom. The van der Waals surface area contributed by atoms with Gasteiger partial charge in [-0.2, -0.15) is 0 Å². The number of rotatable bonds is 4. The topological polar surface area (TPSA) is 61.4 Å². The Hall–Kier alpha value is 0.1000. The Morgan fingerprint density at radius 1 is 1.42 bits per heavy atom. The largest absolute Gasteiger partial charge is 0.369 e. The van der Waals surface area contributed by atoms with Crippen molar-refractivity contribution in [2.75, 3.05) is 6.54 Å². The van der Waals surface area contributed by atoms with Crippen LogP contribution < -0.4 is 10.6 Å². The molecule has 0 saturated heterocycles. The van der Waals surface area contributed by atoms with E-state index in [9.17, 15) is 9.90 Å². The molecule has 0 radical (unpaired) electrons. The standard InChI is InChI=1S/C12H21Cl3N2O2/c1-4-7-5-8(11(7,2)3)6-16-10(19)17-9(18)12(13,14)15/h7-9,18H,4-6H2,1-3H3,(H2,16,17,19)/t7-,8+,9+/m1/s1. The summed E-state index contributed by atoms with van der Waals surface area (Å²) in [6, 6.07) is -0.533. The fourth-order valence-corrected chi connectivity index (χ4v) is 2.80. The van der Waals surface area contributed by atoms with Gasteiger partial charge in [0.2, 0.25) is 3.79 Å². The minimum atomic E-state index is -1.93. The van der Waals surface area contributed by atoms with E-state index in [1.165, 1.54) is 0 Å². The van der Waals surface area contributed by atoms with E-state index in [0.717, 1.165) is 12.8 Å². The van der Waals surface area contributed by atoms with Gasteiger partial charge in [-0.05, 0) is 23.7 Å². The lowest BCUT2D eigenvalue weighted by atomic mass is 9.54. The lowest BCUT2D eigenvalue weighted by Crippen LogP contribution is -2.53. The molecule has 0 spiro atoms. The van der Waals surface area contributed by atoms with Crippen molar-refractivity contribution in [2.45, 2.75) is 43.6 Å². The van der Waals surface area contributed by atoms with Gasteiger partial charge in [0, 0.05) is 6.54 Å². The molecule has 3 N–H and O–H groups in total. The molecule has 0 aliphatic heterocycles. The zero-order valence-corrected chi connectivity index (χ0v) is 13.6. The van der Waals surface area contributed by atoms with Crippen molar-refractivity contribution in [3.05, 3.63) is 0 Å². The van der Waals surface area contributed by atoms with Gasteiger partial charge in [0.1, 0.15) is 0 Å². The number of carbonyl (C=O) groups excluding carboxylic acids is 1. The Labute approximate surface area is 129 Å². The van der Waals surface area contributed by atoms with Crippen LogP contribution in [0, 0.1) is 17.3 Å². The highest BCUT2D eigenvalue weighted by molar-refractivity contribution is 6.68. The molecule has 1 fully saturated rings. The van der Waals surface area contributed by atoms with Gasteiger partial charge in [-0.25, -0.2) is 4.79 Å². The Balaban J connectivity index is 2.33. The van der Waals surface area contributed by atoms with Crippen molar-refractivity contribution in [3.8, 4) is 0 Å². The summed E-state index contributed by atoms with van der Waals surface area (Å²) in [5.74, 6) is 1.14. The number of carbonyl (C=O) groups is 1. The molecule has 0 bridgehead atoms. The van der Waals surface area contributed by atoms with Crippen molar-refractivity contribution in [1.29, 1.82) is 0 Å². The third kappa shape index (κ3) is 4.28. The van der Waals surface area contributed by atoms with E-state index in [4.69, 9.17) is 34.8 Å². The predicted molar refractivity (Wildman–Crippen MR) is 78.5 cm³/mol. The highest BCUT2D eigenvalue weighted by Crippen LogP contribution is 2.52. The van der Waals surface area contributed by atoms with E-state index in [1.807, 2.05) is 0 Å². The molecule has 3 atom stereocenters. The second-order valence-corrected chi connectivity index (χ2v) is 8.03. The summed E-state index contributed by atoms with van der Waals surface area (Å²) in [5.41, 5.74) is 0.232. The second-order valence-electron chi connectivity index (χ2n) is 5.66. The Morgan fingerprint density at radius 2 is 2.00 bits per heavy atom. The molecule has 0 aromatic rings. The highest BCUT2D eigenvalue weighted by atomic mass is 35.6. The molecule has 0 unspecified atom stereocenters. The Bertz CT molecular complexity index is 331. The lowest BCUT2D eigenvalue weighted by Gasteiger charge is -2.52. The van der Waals surface area contributed by atoms with Crippen LogP contribution in [0.2, 0.25) is 0 Å². The summed E-state index contributed by atoms with van der Waals surface area (Å²) in [5, 5.41) is 14.3. The van der Waals surface area contributed by atoms with Crippen LogP contribution in [-0.2, 0) is 0 Å². The maximum absolute atomic E-state index is 11.5. The first-order valence-electron chi connectivity index (χ1n) is 6.38. The van der Waals surface area contributed by atoms with Crippen LogP contribution in [0.25, 0.3) is 0 Å². The molecule has 7 heteroatoms. The number of aliphatic hydroxyl groups is 1. The SMILES string of the molecule is CC[C@@H]1C[C@@H](CNC(=O)N[C@@H](O)C(Cl)(Cl)Cl)C1(C)C. The molecular formula is C12H21Cl3N2O2. The number of hydrogen-bond donors (Lipinski definition) is 3. The molecule has 19 heavy (non-hydrogen) atoms. The van der Waals surface area contributed by atoms with E-state index in [0.29, 0.717) is 18.4 Å². The van der Waals surface area contributed by atoms with Gasteiger partial charge in [0.15, 0.2) is 6.23 Å². The molecular weight excluding hydrogens is 311 g/mol. The van der Waals surface area contributed by atoms with Crippen molar-refractivity contribution >= 4 is 40.8 Å². The maximum atomic E-state index is 11.5. The quantitative estimate of drug-likeness (QED) is 0.548.